The zero-order valence-electron chi connectivity index (χ0n) is 16.5. The van der Waals surface area contributed by atoms with Gasteiger partial charge in [-0.05, 0) is 42.0 Å². The summed E-state index contributed by atoms with van der Waals surface area (Å²) >= 11 is 23.8. The molecule has 1 N–H and O–H groups in total. The van der Waals surface area contributed by atoms with Gasteiger partial charge in [0.25, 0.3) is 0 Å². The topological polar surface area (TPSA) is 46.2 Å². The van der Waals surface area contributed by atoms with Gasteiger partial charge in [0.15, 0.2) is 5.78 Å². The third-order valence-corrected chi connectivity index (χ3v) is 8.49. The molecule has 3 aromatic rings. The standard InChI is InChI=1S/C23H20Cl4NO2P/c1-16(22(29)23(25,26)27)21(17-12-14-18(24)15-13-17)28-31(30,19-8-4-2-5-9-19)20-10-6-3-7-11-20/h2-16,21H,1H3,(H,28,30)/t16-,21-/m1/s1. The molecule has 31 heavy (non-hydrogen) atoms. The Bertz CT molecular complexity index is 1030. The highest BCUT2D eigenvalue weighted by Crippen LogP contribution is 2.45. The maximum atomic E-state index is 14.5. The number of rotatable bonds is 7. The van der Waals surface area contributed by atoms with Crippen LogP contribution in [0.25, 0.3) is 0 Å². The molecule has 0 radical (unpaired) electrons. The summed E-state index contributed by atoms with van der Waals surface area (Å²) in [5.41, 5.74) is 0.701. The van der Waals surface area contributed by atoms with Crippen LogP contribution in [0.2, 0.25) is 5.02 Å². The van der Waals surface area contributed by atoms with Crippen LogP contribution in [-0.4, -0.2) is 9.58 Å². The molecule has 0 saturated heterocycles. The minimum Gasteiger partial charge on any atom is -0.297 e. The van der Waals surface area contributed by atoms with Crippen LogP contribution >= 0.6 is 53.7 Å². The molecule has 0 heterocycles. The molecule has 2 atom stereocenters. The van der Waals surface area contributed by atoms with Crippen molar-refractivity contribution in [3.8, 4) is 0 Å². The molecule has 162 valence electrons. The summed E-state index contributed by atoms with van der Waals surface area (Å²) in [5, 5.41) is 5.02. The van der Waals surface area contributed by atoms with Crippen molar-refractivity contribution in [2.24, 2.45) is 5.92 Å². The maximum Gasteiger partial charge on any atom is 0.249 e. The molecular weight excluding hydrogens is 495 g/mol. The van der Waals surface area contributed by atoms with E-state index in [4.69, 9.17) is 46.4 Å². The minimum atomic E-state index is -3.37. The molecular formula is C23H20Cl4NO2P. The van der Waals surface area contributed by atoms with Gasteiger partial charge in [0, 0.05) is 27.6 Å². The highest BCUT2D eigenvalue weighted by molar-refractivity contribution is 7.76. The first kappa shape index (κ1) is 24.3. The lowest BCUT2D eigenvalue weighted by Gasteiger charge is -2.31. The van der Waals surface area contributed by atoms with Gasteiger partial charge in [-0.3, -0.25) is 14.4 Å². The lowest BCUT2D eigenvalue weighted by atomic mass is 9.92. The molecule has 0 fully saturated rings. The second-order valence-corrected chi connectivity index (χ2v) is 12.3. The van der Waals surface area contributed by atoms with Crippen molar-refractivity contribution < 1.29 is 9.36 Å². The van der Waals surface area contributed by atoms with Gasteiger partial charge < -0.3 is 0 Å². The van der Waals surface area contributed by atoms with Crippen molar-refractivity contribution in [3.63, 3.8) is 0 Å². The zero-order valence-corrected chi connectivity index (χ0v) is 20.4. The van der Waals surface area contributed by atoms with Gasteiger partial charge in [0.05, 0.1) is 0 Å². The third kappa shape index (κ3) is 5.73. The molecule has 0 saturated carbocycles. The van der Waals surface area contributed by atoms with Crippen LogP contribution in [0.5, 0.6) is 0 Å². The number of ketones is 1. The Balaban J connectivity index is 2.14. The second-order valence-electron chi connectivity index (χ2n) is 7.09. The van der Waals surface area contributed by atoms with E-state index in [0.29, 0.717) is 21.2 Å². The van der Waals surface area contributed by atoms with Gasteiger partial charge in [-0.1, -0.05) is 102 Å². The molecule has 8 heteroatoms. The SMILES string of the molecule is C[C@@H](C(=O)C(Cl)(Cl)Cl)[C@@H](NP(=O)(c1ccccc1)c1ccccc1)c1ccc(Cl)cc1. The lowest BCUT2D eigenvalue weighted by Crippen LogP contribution is -2.39. The van der Waals surface area contributed by atoms with Crippen molar-refractivity contribution >= 4 is 70.1 Å². The number of hydrogen-bond acceptors (Lipinski definition) is 2. The van der Waals surface area contributed by atoms with E-state index < -0.39 is 28.8 Å². The molecule has 0 aliphatic rings. The number of alkyl halides is 3. The average molecular weight is 515 g/mol. The van der Waals surface area contributed by atoms with E-state index in [1.165, 1.54) is 0 Å². The van der Waals surface area contributed by atoms with Crippen LogP contribution in [0.1, 0.15) is 18.5 Å². The average Bonchev–Trinajstić information content (AvgIpc) is 2.77. The maximum absolute atomic E-state index is 14.5. The molecule has 0 aliphatic carbocycles. The fourth-order valence-corrected chi connectivity index (χ4v) is 6.51. The first-order valence-electron chi connectivity index (χ1n) is 9.48. The highest BCUT2D eigenvalue weighted by atomic mass is 35.6. The zero-order chi connectivity index (χ0) is 22.6. The van der Waals surface area contributed by atoms with E-state index in [2.05, 4.69) is 5.09 Å². The van der Waals surface area contributed by atoms with Crippen LogP contribution in [0, 0.1) is 5.92 Å². The van der Waals surface area contributed by atoms with E-state index in [-0.39, 0.29) is 0 Å². The Kier molecular flexibility index (Phi) is 7.91. The Hall–Kier alpha value is -1.32. The minimum absolute atomic E-state index is 0.539. The molecule has 0 bridgehead atoms. The first-order chi connectivity index (χ1) is 14.6. The van der Waals surface area contributed by atoms with E-state index in [1.807, 2.05) is 36.4 Å². The Morgan fingerprint density at radius 3 is 1.71 bits per heavy atom. The summed E-state index contributed by atoms with van der Waals surface area (Å²) in [6, 6.07) is 24.4. The number of carbonyl (C=O) groups is 1. The lowest BCUT2D eigenvalue weighted by molar-refractivity contribution is -0.122. The molecule has 0 aliphatic heterocycles. The predicted molar refractivity (Wildman–Crippen MR) is 132 cm³/mol. The van der Waals surface area contributed by atoms with Gasteiger partial charge in [-0.2, -0.15) is 0 Å². The normalized spacial score (nSPS) is 14.1. The van der Waals surface area contributed by atoms with E-state index in [0.717, 1.165) is 0 Å². The number of nitrogens with one attached hydrogen (secondary N) is 1. The van der Waals surface area contributed by atoms with Crippen LogP contribution < -0.4 is 15.7 Å². The summed E-state index contributed by atoms with van der Waals surface area (Å²) in [4.78, 5) is 12.9. The number of benzene rings is 3. The van der Waals surface area contributed by atoms with Crippen molar-refractivity contribution in [1.82, 2.24) is 5.09 Å². The second kappa shape index (κ2) is 10.1. The van der Waals surface area contributed by atoms with Gasteiger partial charge in [0.2, 0.25) is 11.1 Å². The highest BCUT2D eigenvalue weighted by Gasteiger charge is 2.41. The van der Waals surface area contributed by atoms with Crippen molar-refractivity contribution in [2.45, 2.75) is 16.8 Å². The van der Waals surface area contributed by atoms with Gasteiger partial charge in [-0.25, -0.2) is 0 Å². The summed E-state index contributed by atoms with van der Waals surface area (Å²) in [6.45, 7) is 1.65. The summed E-state index contributed by atoms with van der Waals surface area (Å²) in [7, 11) is -3.37. The molecule has 0 amide bonds. The van der Waals surface area contributed by atoms with Crippen molar-refractivity contribution in [1.29, 1.82) is 0 Å². The Labute approximate surface area is 202 Å². The fourth-order valence-electron chi connectivity index (χ4n) is 3.32. The summed E-state index contributed by atoms with van der Waals surface area (Å²) in [5.74, 6) is -1.40. The van der Waals surface area contributed by atoms with Crippen LogP contribution in [-0.2, 0) is 9.36 Å². The largest absolute Gasteiger partial charge is 0.297 e. The van der Waals surface area contributed by atoms with Gasteiger partial charge in [0.1, 0.15) is 0 Å². The predicted octanol–water partition coefficient (Wildman–Crippen LogP) is 6.48. The van der Waals surface area contributed by atoms with Gasteiger partial charge in [-0.15, -0.1) is 0 Å². The quantitative estimate of drug-likeness (QED) is 0.290. The molecule has 0 aromatic heterocycles. The fraction of sp³-hybridized carbons (Fsp3) is 0.174. The molecule has 3 rings (SSSR count). The van der Waals surface area contributed by atoms with Crippen LogP contribution in [0.15, 0.2) is 84.9 Å². The van der Waals surface area contributed by atoms with E-state index in [1.54, 1.807) is 55.5 Å². The molecule has 3 aromatic carbocycles. The Morgan fingerprint density at radius 1 is 0.839 bits per heavy atom. The number of halogens is 4. The third-order valence-electron chi connectivity index (χ3n) is 4.98. The van der Waals surface area contributed by atoms with Crippen LogP contribution in [0.4, 0.5) is 0 Å². The van der Waals surface area contributed by atoms with E-state index >= 15 is 0 Å². The summed E-state index contributed by atoms with van der Waals surface area (Å²) < 4.78 is 12.4. The molecule has 0 unspecified atom stereocenters. The first-order valence-corrected chi connectivity index (χ1v) is 12.7. The summed E-state index contributed by atoms with van der Waals surface area (Å²) in [6.07, 6.45) is 0. The Morgan fingerprint density at radius 2 is 1.29 bits per heavy atom. The van der Waals surface area contributed by atoms with Crippen molar-refractivity contribution in [3.05, 3.63) is 95.5 Å². The van der Waals surface area contributed by atoms with Gasteiger partial charge >= 0.3 is 0 Å². The molecule has 3 nitrogen and oxygen atoms in total. The smallest absolute Gasteiger partial charge is 0.249 e. The number of Topliss-reactive ketones (excluding diaryl/α,β-unsaturated/α-hetero) is 1. The van der Waals surface area contributed by atoms with Crippen molar-refractivity contribution in [2.75, 3.05) is 0 Å². The molecule has 0 spiro atoms. The number of carbonyl (C=O) groups excluding carboxylic acids is 1. The van der Waals surface area contributed by atoms with E-state index in [9.17, 15) is 9.36 Å². The van der Waals surface area contributed by atoms with Crippen LogP contribution in [0.3, 0.4) is 0 Å². The number of hydrogen-bond donors (Lipinski definition) is 1. The monoisotopic (exact) mass is 513 g/mol.